The third kappa shape index (κ3) is 3.72. The standard InChI is InChI=1S/C11H15ClN2O2/c1-2-16-10(15)7-14-6-8-4-3-5-9(12)11(8)13/h3-5,14H,2,6-7,13H2,1H3. The average molecular weight is 243 g/mol. The number of esters is 1. The monoisotopic (exact) mass is 242 g/mol. The third-order valence-electron chi connectivity index (χ3n) is 2.03. The Bertz CT molecular complexity index is 369. The number of carbonyl (C=O) groups excluding carboxylic acids is 1. The molecule has 0 fully saturated rings. The Labute approximate surface area is 99.7 Å². The molecule has 0 aromatic heterocycles. The molecule has 0 aliphatic rings. The number of nitrogens with two attached hydrogens (primary N) is 1. The fourth-order valence-electron chi connectivity index (χ4n) is 1.25. The molecule has 0 aliphatic heterocycles. The van der Waals surface area contributed by atoms with Crippen molar-refractivity contribution >= 4 is 23.3 Å². The van der Waals surface area contributed by atoms with Gasteiger partial charge in [0.25, 0.3) is 0 Å². The number of rotatable bonds is 5. The van der Waals surface area contributed by atoms with Gasteiger partial charge in [-0.15, -0.1) is 0 Å². The highest BCUT2D eigenvalue weighted by Crippen LogP contribution is 2.21. The lowest BCUT2D eigenvalue weighted by molar-refractivity contribution is -0.142. The van der Waals surface area contributed by atoms with E-state index in [1.54, 1.807) is 13.0 Å². The summed E-state index contributed by atoms with van der Waals surface area (Å²) < 4.78 is 4.78. The van der Waals surface area contributed by atoms with E-state index in [9.17, 15) is 4.79 Å². The van der Waals surface area contributed by atoms with Crippen LogP contribution in [0.25, 0.3) is 0 Å². The van der Waals surface area contributed by atoms with E-state index in [1.807, 2.05) is 12.1 Å². The molecule has 5 heteroatoms. The van der Waals surface area contributed by atoms with Crippen LogP contribution in [0.3, 0.4) is 0 Å². The second kappa shape index (κ2) is 6.35. The molecule has 88 valence electrons. The maximum absolute atomic E-state index is 11.0. The molecule has 0 heterocycles. The molecule has 1 rings (SSSR count). The number of nitrogen functional groups attached to an aromatic ring is 1. The Morgan fingerprint density at radius 2 is 2.31 bits per heavy atom. The van der Waals surface area contributed by atoms with Gasteiger partial charge in [0.15, 0.2) is 0 Å². The number of benzene rings is 1. The van der Waals surface area contributed by atoms with Crippen molar-refractivity contribution in [1.82, 2.24) is 5.32 Å². The topological polar surface area (TPSA) is 64.3 Å². The summed E-state index contributed by atoms with van der Waals surface area (Å²) in [6, 6.07) is 5.41. The molecule has 1 aromatic carbocycles. The van der Waals surface area contributed by atoms with Crippen LogP contribution in [0.5, 0.6) is 0 Å². The van der Waals surface area contributed by atoms with Crippen LogP contribution >= 0.6 is 11.6 Å². The minimum atomic E-state index is -0.275. The zero-order valence-corrected chi connectivity index (χ0v) is 9.88. The van der Waals surface area contributed by atoms with E-state index in [1.165, 1.54) is 0 Å². The summed E-state index contributed by atoms with van der Waals surface area (Å²) in [7, 11) is 0. The number of ether oxygens (including phenoxy) is 1. The summed E-state index contributed by atoms with van der Waals surface area (Å²) in [5.74, 6) is -0.275. The maximum Gasteiger partial charge on any atom is 0.319 e. The molecule has 0 atom stereocenters. The molecular formula is C11H15ClN2O2. The molecule has 0 spiro atoms. The first kappa shape index (κ1) is 12.8. The lowest BCUT2D eigenvalue weighted by Gasteiger charge is -2.08. The minimum Gasteiger partial charge on any atom is -0.465 e. The summed E-state index contributed by atoms with van der Waals surface area (Å²) in [6.45, 7) is 2.82. The Morgan fingerprint density at radius 1 is 1.56 bits per heavy atom. The molecule has 0 radical (unpaired) electrons. The van der Waals surface area contributed by atoms with Crippen LogP contribution in [0.4, 0.5) is 5.69 Å². The van der Waals surface area contributed by atoms with Crippen molar-refractivity contribution in [3.8, 4) is 0 Å². The summed E-state index contributed by atoms with van der Waals surface area (Å²) in [6.07, 6.45) is 0. The van der Waals surface area contributed by atoms with Crippen LogP contribution in [0.2, 0.25) is 5.02 Å². The largest absolute Gasteiger partial charge is 0.465 e. The van der Waals surface area contributed by atoms with Crippen LogP contribution in [-0.4, -0.2) is 19.1 Å². The molecule has 16 heavy (non-hydrogen) atoms. The zero-order chi connectivity index (χ0) is 12.0. The fraction of sp³-hybridized carbons (Fsp3) is 0.364. The van der Waals surface area contributed by atoms with E-state index in [-0.39, 0.29) is 12.5 Å². The predicted molar refractivity (Wildman–Crippen MR) is 64.2 cm³/mol. The van der Waals surface area contributed by atoms with E-state index in [2.05, 4.69) is 5.32 Å². The Balaban J connectivity index is 2.43. The number of anilines is 1. The van der Waals surface area contributed by atoms with Gasteiger partial charge >= 0.3 is 5.97 Å². The van der Waals surface area contributed by atoms with Crippen molar-refractivity contribution in [1.29, 1.82) is 0 Å². The first-order chi connectivity index (χ1) is 7.65. The zero-order valence-electron chi connectivity index (χ0n) is 9.13. The fourth-order valence-corrected chi connectivity index (χ4v) is 1.44. The van der Waals surface area contributed by atoms with Gasteiger partial charge in [0.05, 0.1) is 23.9 Å². The first-order valence-corrected chi connectivity index (χ1v) is 5.42. The van der Waals surface area contributed by atoms with Crippen LogP contribution in [0, 0.1) is 0 Å². The summed E-state index contributed by atoms with van der Waals surface area (Å²) in [4.78, 5) is 11.0. The molecule has 0 aliphatic carbocycles. The van der Waals surface area contributed by atoms with Gasteiger partial charge in [-0.3, -0.25) is 4.79 Å². The van der Waals surface area contributed by atoms with Crippen LogP contribution in [-0.2, 0) is 16.1 Å². The van der Waals surface area contributed by atoms with Gasteiger partial charge in [0.2, 0.25) is 0 Å². The second-order valence-electron chi connectivity index (χ2n) is 3.22. The van der Waals surface area contributed by atoms with Crippen molar-refractivity contribution in [3.63, 3.8) is 0 Å². The van der Waals surface area contributed by atoms with Crippen molar-refractivity contribution in [2.24, 2.45) is 0 Å². The van der Waals surface area contributed by atoms with Gasteiger partial charge in [0.1, 0.15) is 0 Å². The third-order valence-corrected chi connectivity index (χ3v) is 2.36. The van der Waals surface area contributed by atoms with Crippen molar-refractivity contribution in [2.75, 3.05) is 18.9 Å². The van der Waals surface area contributed by atoms with Crippen molar-refractivity contribution in [3.05, 3.63) is 28.8 Å². The minimum absolute atomic E-state index is 0.166. The molecular weight excluding hydrogens is 228 g/mol. The molecule has 0 amide bonds. The normalized spacial score (nSPS) is 10.1. The Kier molecular flexibility index (Phi) is 5.08. The van der Waals surface area contributed by atoms with Gasteiger partial charge in [0, 0.05) is 6.54 Å². The van der Waals surface area contributed by atoms with Crippen LogP contribution < -0.4 is 11.1 Å². The number of hydrogen-bond donors (Lipinski definition) is 2. The van der Waals surface area contributed by atoms with E-state index in [4.69, 9.17) is 22.1 Å². The van der Waals surface area contributed by atoms with Crippen molar-refractivity contribution in [2.45, 2.75) is 13.5 Å². The van der Waals surface area contributed by atoms with Crippen LogP contribution in [0.15, 0.2) is 18.2 Å². The molecule has 0 bridgehead atoms. The number of carbonyl (C=O) groups is 1. The van der Waals surface area contributed by atoms with E-state index >= 15 is 0 Å². The molecule has 0 unspecified atom stereocenters. The van der Waals surface area contributed by atoms with E-state index in [0.717, 1.165) is 5.56 Å². The number of hydrogen-bond acceptors (Lipinski definition) is 4. The van der Waals surface area contributed by atoms with Gasteiger partial charge < -0.3 is 15.8 Å². The quantitative estimate of drug-likeness (QED) is 0.608. The summed E-state index contributed by atoms with van der Waals surface area (Å²) in [5, 5.41) is 3.46. The van der Waals surface area contributed by atoms with Gasteiger partial charge in [-0.05, 0) is 18.6 Å². The number of para-hydroxylation sites is 1. The second-order valence-corrected chi connectivity index (χ2v) is 3.63. The lowest BCUT2D eigenvalue weighted by atomic mass is 10.2. The SMILES string of the molecule is CCOC(=O)CNCc1cccc(Cl)c1N. The molecule has 1 aromatic rings. The molecule has 3 N–H and O–H groups in total. The highest BCUT2D eigenvalue weighted by atomic mass is 35.5. The predicted octanol–water partition coefficient (Wildman–Crippen LogP) is 1.57. The molecule has 0 saturated heterocycles. The number of nitrogens with one attached hydrogen (secondary N) is 1. The highest BCUT2D eigenvalue weighted by molar-refractivity contribution is 6.33. The van der Waals surface area contributed by atoms with Crippen LogP contribution in [0.1, 0.15) is 12.5 Å². The van der Waals surface area contributed by atoms with Crippen molar-refractivity contribution < 1.29 is 9.53 Å². The summed E-state index contributed by atoms with van der Waals surface area (Å²) >= 11 is 5.86. The Hall–Kier alpha value is -1.26. The molecule has 0 saturated carbocycles. The van der Waals surface area contributed by atoms with E-state index < -0.39 is 0 Å². The maximum atomic E-state index is 11.0. The Morgan fingerprint density at radius 3 is 3.00 bits per heavy atom. The number of halogens is 1. The van der Waals surface area contributed by atoms with Gasteiger partial charge in [-0.2, -0.15) is 0 Å². The highest BCUT2D eigenvalue weighted by Gasteiger charge is 2.04. The first-order valence-electron chi connectivity index (χ1n) is 5.04. The van der Waals surface area contributed by atoms with Gasteiger partial charge in [-0.1, -0.05) is 23.7 Å². The molecule has 4 nitrogen and oxygen atoms in total. The summed E-state index contributed by atoms with van der Waals surface area (Å²) in [5.41, 5.74) is 7.18. The average Bonchev–Trinajstić information content (AvgIpc) is 2.25. The lowest BCUT2D eigenvalue weighted by Crippen LogP contribution is -2.24. The van der Waals surface area contributed by atoms with E-state index in [0.29, 0.717) is 23.9 Å². The van der Waals surface area contributed by atoms with Gasteiger partial charge in [-0.25, -0.2) is 0 Å². The smallest absolute Gasteiger partial charge is 0.319 e.